The molecule has 1 aromatic rings. The number of ketones is 1. The van der Waals surface area contributed by atoms with Crippen LogP contribution in [-0.4, -0.2) is 58.6 Å². The summed E-state index contributed by atoms with van der Waals surface area (Å²) in [6, 6.07) is 4.95. The van der Waals surface area contributed by atoms with E-state index in [1.807, 2.05) is 0 Å². The zero-order valence-corrected chi connectivity index (χ0v) is 19.5. The summed E-state index contributed by atoms with van der Waals surface area (Å²) >= 11 is 5.99. The molecule has 7 rings (SSSR count). The van der Waals surface area contributed by atoms with E-state index in [-0.39, 0.29) is 41.9 Å². The minimum Gasteiger partial charge on any atom is -0.482 e. The van der Waals surface area contributed by atoms with E-state index < -0.39 is 36.9 Å². The first-order valence-corrected chi connectivity index (χ1v) is 12.2. The van der Waals surface area contributed by atoms with Crippen LogP contribution in [0.3, 0.4) is 0 Å². The Morgan fingerprint density at radius 1 is 1.20 bits per heavy atom. The number of Topliss-reactive ketones (excluding diaryl/α,β-unsaturated/α-hetero) is 1. The fourth-order valence-electron chi connectivity index (χ4n) is 6.82. The molecular formula is C24H25ClF3NO6. The first-order chi connectivity index (χ1) is 16.4. The standard InChI is InChI=1S/C24H25ClF3NO6/c25-13-1-2-18-15(5-13)16(30)6-19(33-18)17(31)7-22-9-23(10-22,11-22)29-8-20(34-21(29)32)12-3-14(4-12)35-24(26,27)28/h1-2,5,12,14,16,19-20,30H,3-4,6-11H2/t12?,14?,16-,19+,20?,22?,23?/m1/s1. The van der Waals surface area contributed by atoms with Gasteiger partial charge in [0.1, 0.15) is 11.9 Å². The lowest BCUT2D eigenvalue weighted by molar-refractivity contribution is -0.355. The van der Waals surface area contributed by atoms with Crippen molar-refractivity contribution in [2.75, 3.05) is 6.54 Å². The monoisotopic (exact) mass is 515 g/mol. The van der Waals surface area contributed by atoms with E-state index in [2.05, 4.69) is 4.74 Å². The highest BCUT2D eigenvalue weighted by atomic mass is 35.5. The largest absolute Gasteiger partial charge is 0.522 e. The van der Waals surface area contributed by atoms with Gasteiger partial charge in [-0.1, -0.05) is 11.6 Å². The number of alkyl halides is 3. The molecule has 0 aromatic heterocycles. The van der Waals surface area contributed by atoms with Gasteiger partial charge in [-0.2, -0.15) is 0 Å². The van der Waals surface area contributed by atoms with Crippen molar-refractivity contribution in [1.29, 1.82) is 0 Å². The van der Waals surface area contributed by atoms with Crippen molar-refractivity contribution in [2.24, 2.45) is 11.3 Å². The van der Waals surface area contributed by atoms with Crippen LogP contribution in [0.2, 0.25) is 5.02 Å². The molecular weight excluding hydrogens is 491 g/mol. The molecule has 1 aromatic carbocycles. The molecule has 190 valence electrons. The maximum Gasteiger partial charge on any atom is 0.522 e. The first kappa shape index (κ1) is 23.4. The van der Waals surface area contributed by atoms with Gasteiger partial charge in [0.15, 0.2) is 11.9 Å². The van der Waals surface area contributed by atoms with Crippen LogP contribution in [0.5, 0.6) is 5.75 Å². The highest BCUT2D eigenvalue weighted by Crippen LogP contribution is 2.72. The Kier molecular flexibility index (Phi) is 5.16. The number of carbonyl (C=O) groups excluding carboxylic acids is 2. The van der Waals surface area contributed by atoms with Crippen LogP contribution in [0, 0.1) is 11.3 Å². The number of fused-ring (bicyclic) bond motifs is 1. The highest BCUT2D eigenvalue weighted by Gasteiger charge is 2.72. The minimum absolute atomic E-state index is 0.0648. The van der Waals surface area contributed by atoms with E-state index >= 15 is 0 Å². The van der Waals surface area contributed by atoms with Crippen molar-refractivity contribution in [3.8, 4) is 5.75 Å². The van der Waals surface area contributed by atoms with Gasteiger partial charge < -0.3 is 14.6 Å². The normalized spacial score (nSPS) is 39.5. The average Bonchev–Trinajstić information content (AvgIpc) is 3.06. The maximum atomic E-state index is 13.0. The number of benzene rings is 1. The Hall–Kier alpha value is -2.04. The predicted molar refractivity (Wildman–Crippen MR) is 115 cm³/mol. The number of aliphatic hydroxyl groups is 1. The summed E-state index contributed by atoms with van der Waals surface area (Å²) in [6.45, 7) is 0.365. The summed E-state index contributed by atoms with van der Waals surface area (Å²) in [5.41, 5.74) is 0.0797. The number of carbonyl (C=O) groups is 2. The zero-order chi connectivity index (χ0) is 24.8. The van der Waals surface area contributed by atoms with Gasteiger partial charge in [-0.25, -0.2) is 4.79 Å². The number of aliphatic hydroxyl groups excluding tert-OH is 1. The van der Waals surface area contributed by atoms with Gasteiger partial charge in [0.25, 0.3) is 0 Å². The number of hydrogen-bond acceptors (Lipinski definition) is 6. The van der Waals surface area contributed by atoms with Crippen molar-refractivity contribution in [1.82, 2.24) is 4.90 Å². The molecule has 4 saturated carbocycles. The molecule has 1 saturated heterocycles. The summed E-state index contributed by atoms with van der Waals surface area (Å²) in [5, 5.41) is 10.9. The topological polar surface area (TPSA) is 85.3 Å². The Morgan fingerprint density at radius 3 is 2.60 bits per heavy atom. The SMILES string of the molecule is O=C(CC12CC(N3CC(C4CC(OC(F)(F)F)C4)OC3=O)(C1)C2)[C@@H]1C[C@@H](O)c2cc(Cl)ccc2O1. The molecule has 1 amide bonds. The highest BCUT2D eigenvalue weighted by molar-refractivity contribution is 6.30. The van der Waals surface area contributed by atoms with Crippen LogP contribution in [0.25, 0.3) is 0 Å². The van der Waals surface area contributed by atoms with Gasteiger partial charge in [0, 0.05) is 34.9 Å². The van der Waals surface area contributed by atoms with Crippen molar-refractivity contribution < 1.29 is 42.1 Å². The molecule has 6 aliphatic rings. The molecule has 0 radical (unpaired) electrons. The van der Waals surface area contributed by atoms with Gasteiger partial charge in [-0.15, -0.1) is 13.2 Å². The van der Waals surface area contributed by atoms with Gasteiger partial charge >= 0.3 is 12.5 Å². The third kappa shape index (κ3) is 3.97. The van der Waals surface area contributed by atoms with Gasteiger partial charge in [0.2, 0.25) is 0 Å². The first-order valence-electron chi connectivity index (χ1n) is 11.8. The Bertz CT molecular complexity index is 1050. The van der Waals surface area contributed by atoms with Gasteiger partial charge in [-0.05, 0) is 55.7 Å². The molecule has 2 aliphatic heterocycles. The summed E-state index contributed by atoms with van der Waals surface area (Å²) in [7, 11) is 0. The van der Waals surface area contributed by atoms with E-state index in [0.717, 1.165) is 0 Å². The van der Waals surface area contributed by atoms with Crippen LogP contribution < -0.4 is 4.74 Å². The van der Waals surface area contributed by atoms with E-state index in [0.29, 0.717) is 48.6 Å². The van der Waals surface area contributed by atoms with Crippen molar-refractivity contribution in [3.05, 3.63) is 28.8 Å². The fourth-order valence-corrected chi connectivity index (χ4v) is 7.00. The number of nitrogens with zero attached hydrogens (tertiary/aromatic N) is 1. The molecule has 11 heteroatoms. The Balaban J connectivity index is 1.01. The summed E-state index contributed by atoms with van der Waals surface area (Å²) in [5.74, 6) is 0.266. The van der Waals surface area contributed by atoms with Crippen molar-refractivity contribution in [2.45, 2.75) is 81.3 Å². The number of ether oxygens (including phenoxy) is 3. The molecule has 1 unspecified atom stereocenters. The predicted octanol–water partition coefficient (Wildman–Crippen LogP) is 4.54. The number of halogens is 4. The zero-order valence-electron chi connectivity index (χ0n) is 18.7. The van der Waals surface area contributed by atoms with Crippen molar-refractivity contribution >= 4 is 23.5 Å². The summed E-state index contributed by atoms with van der Waals surface area (Å²) in [6.07, 6.45) is -4.90. The average molecular weight is 516 g/mol. The smallest absolute Gasteiger partial charge is 0.482 e. The van der Waals surface area contributed by atoms with Gasteiger partial charge in [-0.3, -0.25) is 14.4 Å². The van der Waals surface area contributed by atoms with Crippen LogP contribution in [-0.2, 0) is 14.3 Å². The molecule has 2 heterocycles. The summed E-state index contributed by atoms with van der Waals surface area (Å²) in [4.78, 5) is 27.2. The number of amides is 1. The Labute approximate surface area is 204 Å². The van der Waals surface area contributed by atoms with Crippen LogP contribution in [0.1, 0.15) is 56.6 Å². The fraction of sp³-hybridized carbons (Fsp3) is 0.667. The number of rotatable bonds is 6. The molecule has 1 N–H and O–H groups in total. The van der Waals surface area contributed by atoms with Crippen molar-refractivity contribution in [3.63, 3.8) is 0 Å². The van der Waals surface area contributed by atoms with E-state index in [4.69, 9.17) is 21.1 Å². The quantitative estimate of drug-likeness (QED) is 0.598. The molecule has 4 aliphatic carbocycles. The second kappa shape index (κ2) is 7.73. The van der Waals surface area contributed by atoms with Crippen LogP contribution in [0.4, 0.5) is 18.0 Å². The van der Waals surface area contributed by atoms with Crippen LogP contribution >= 0.6 is 11.6 Å². The minimum atomic E-state index is -4.65. The maximum absolute atomic E-state index is 13.0. The van der Waals surface area contributed by atoms with E-state index in [9.17, 15) is 27.9 Å². The molecule has 7 nitrogen and oxygen atoms in total. The van der Waals surface area contributed by atoms with Gasteiger partial charge in [0.05, 0.1) is 18.8 Å². The molecule has 3 atom stereocenters. The second-order valence-electron chi connectivity index (χ2n) is 10.9. The summed E-state index contributed by atoms with van der Waals surface area (Å²) < 4.78 is 52.4. The number of cyclic esters (lactones) is 1. The van der Waals surface area contributed by atoms with E-state index in [1.54, 1.807) is 23.1 Å². The lowest BCUT2D eigenvalue weighted by Crippen LogP contribution is -2.75. The third-order valence-corrected chi connectivity index (χ3v) is 8.66. The molecule has 2 bridgehead atoms. The third-order valence-electron chi connectivity index (χ3n) is 8.42. The van der Waals surface area contributed by atoms with E-state index in [1.165, 1.54) is 0 Å². The van der Waals surface area contributed by atoms with Crippen LogP contribution in [0.15, 0.2) is 18.2 Å². The molecule has 5 fully saturated rings. The Morgan fingerprint density at radius 2 is 1.91 bits per heavy atom. The second-order valence-corrected chi connectivity index (χ2v) is 11.3. The number of hydrogen-bond donors (Lipinski definition) is 1. The molecule has 0 spiro atoms. The lowest BCUT2D eigenvalue weighted by atomic mass is 9.37. The lowest BCUT2D eigenvalue weighted by Gasteiger charge is -2.73. The molecule has 35 heavy (non-hydrogen) atoms.